The zero-order valence-electron chi connectivity index (χ0n) is 17.2. The van der Waals surface area contributed by atoms with Crippen LogP contribution < -0.4 is 4.74 Å². The second kappa shape index (κ2) is 8.93. The predicted octanol–water partition coefficient (Wildman–Crippen LogP) is 3.04. The maximum absolute atomic E-state index is 12.7. The molecule has 4 rings (SSSR count). The fourth-order valence-electron chi connectivity index (χ4n) is 4.54. The second-order valence-electron chi connectivity index (χ2n) is 7.68. The number of piperidine rings is 1. The Morgan fingerprint density at radius 1 is 1.10 bits per heavy atom. The van der Waals surface area contributed by atoms with Gasteiger partial charge in [-0.05, 0) is 43.5 Å². The van der Waals surface area contributed by atoms with E-state index in [9.17, 15) is 4.79 Å². The average molecular weight is 396 g/mol. The first kappa shape index (κ1) is 19.9. The van der Waals surface area contributed by atoms with Gasteiger partial charge < -0.3 is 14.4 Å². The Hall–Kier alpha value is -2.44. The molecule has 2 aliphatic heterocycles. The lowest BCUT2D eigenvalue weighted by atomic mass is 9.86. The van der Waals surface area contributed by atoms with Gasteiger partial charge in [-0.1, -0.05) is 18.2 Å². The number of methoxy groups -OCH3 is 1. The minimum atomic E-state index is -0.381. The number of rotatable bonds is 7. The standard InChI is InChI=1S/C23H29N3O3/c1-3-29-20-7-5-4-6-18(20)16-25-14-10-19(11-15-25)26-21(22(28-2)23(26)27)17-8-12-24-13-9-17/h4-9,12-13,19,21-22H,3,10-11,14-16H2,1-2H3/t21-,22+/m0/s1. The summed E-state index contributed by atoms with van der Waals surface area (Å²) in [5, 5.41) is 0. The van der Waals surface area contributed by atoms with Gasteiger partial charge >= 0.3 is 0 Å². The van der Waals surface area contributed by atoms with Crippen LogP contribution in [0.4, 0.5) is 0 Å². The van der Waals surface area contributed by atoms with Gasteiger partial charge in [0, 0.05) is 50.7 Å². The van der Waals surface area contributed by atoms with Gasteiger partial charge in [0.1, 0.15) is 5.75 Å². The van der Waals surface area contributed by atoms with Crippen LogP contribution in [0.3, 0.4) is 0 Å². The van der Waals surface area contributed by atoms with Crippen molar-refractivity contribution in [2.45, 2.75) is 44.5 Å². The quantitative estimate of drug-likeness (QED) is 0.675. The van der Waals surface area contributed by atoms with Crippen LogP contribution in [-0.4, -0.2) is 59.6 Å². The minimum Gasteiger partial charge on any atom is -0.494 e. The molecule has 0 spiro atoms. The SMILES string of the molecule is CCOc1ccccc1CN1CCC(N2C(=O)[C@H](OC)[C@@H]2c2ccncc2)CC1. The van der Waals surface area contributed by atoms with Gasteiger partial charge in [-0.2, -0.15) is 0 Å². The fourth-order valence-corrected chi connectivity index (χ4v) is 4.54. The summed E-state index contributed by atoms with van der Waals surface area (Å²) in [5.41, 5.74) is 2.32. The van der Waals surface area contributed by atoms with Crippen LogP contribution in [0.2, 0.25) is 0 Å². The van der Waals surface area contributed by atoms with E-state index in [1.807, 2.05) is 36.1 Å². The molecule has 1 aromatic heterocycles. The molecule has 0 unspecified atom stereocenters. The van der Waals surface area contributed by atoms with Crippen LogP contribution in [0, 0.1) is 0 Å². The van der Waals surface area contributed by atoms with E-state index in [4.69, 9.17) is 9.47 Å². The van der Waals surface area contributed by atoms with E-state index in [0.717, 1.165) is 43.8 Å². The molecule has 2 aromatic rings. The molecule has 0 bridgehead atoms. The van der Waals surface area contributed by atoms with Gasteiger partial charge in [0.15, 0.2) is 6.10 Å². The number of hydrogen-bond donors (Lipinski definition) is 0. The average Bonchev–Trinajstić information content (AvgIpc) is 2.76. The molecule has 0 N–H and O–H groups in total. The number of carbonyl (C=O) groups is 1. The maximum atomic E-state index is 12.7. The number of nitrogens with zero attached hydrogens (tertiary/aromatic N) is 3. The van der Waals surface area contributed by atoms with E-state index in [1.54, 1.807) is 19.5 Å². The van der Waals surface area contributed by atoms with Crippen LogP contribution in [0.5, 0.6) is 5.75 Å². The van der Waals surface area contributed by atoms with Crippen molar-refractivity contribution in [2.75, 3.05) is 26.8 Å². The van der Waals surface area contributed by atoms with Gasteiger partial charge in [-0.15, -0.1) is 0 Å². The highest BCUT2D eigenvalue weighted by Crippen LogP contribution is 2.40. The van der Waals surface area contributed by atoms with Crippen molar-refractivity contribution >= 4 is 5.91 Å². The molecule has 6 nitrogen and oxygen atoms in total. The molecule has 1 aromatic carbocycles. The Labute approximate surface area is 172 Å². The van der Waals surface area contributed by atoms with Crippen LogP contribution in [0.1, 0.15) is 36.9 Å². The summed E-state index contributed by atoms with van der Waals surface area (Å²) in [6.45, 7) is 5.50. The number of carbonyl (C=O) groups excluding carboxylic acids is 1. The van der Waals surface area contributed by atoms with Crippen molar-refractivity contribution in [3.63, 3.8) is 0 Å². The highest BCUT2D eigenvalue weighted by Gasteiger charge is 2.51. The largest absolute Gasteiger partial charge is 0.494 e. The molecule has 29 heavy (non-hydrogen) atoms. The van der Waals surface area contributed by atoms with E-state index in [-0.39, 0.29) is 24.1 Å². The van der Waals surface area contributed by atoms with Crippen molar-refractivity contribution in [2.24, 2.45) is 0 Å². The number of β-lactam (4-membered cyclic amide) rings is 1. The normalized spacial score (nSPS) is 23.1. The summed E-state index contributed by atoms with van der Waals surface area (Å²) < 4.78 is 11.3. The number of aromatic nitrogens is 1. The number of amides is 1. The molecule has 6 heteroatoms. The smallest absolute Gasteiger partial charge is 0.255 e. The summed E-state index contributed by atoms with van der Waals surface area (Å²) in [7, 11) is 1.62. The first-order valence-corrected chi connectivity index (χ1v) is 10.4. The summed E-state index contributed by atoms with van der Waals surface area (Å²) in [5.74, 6) is 1.07. The maximum Gasteiger partial charge on any atom is 0.255 e. The van der Waals surface area contributed by atoms with Crippen molar-refractivity contribution in [1.82, 2.24) is 14.8 Å². The molecule has 3 heterocycles. The molecule has 1 amide bonds. The fraction of sp³-hybridized carbons (Fsp3) is 0.478. The van der Waals surface area contributed by atoms with Crippen molar-refractivity contribution in [1.29, 1.82) is 0 Å². The highest BCUT2D eigenvalue weighted by atomic mass is 16.5. The number of para-hydroxylation sites is 1. The molecule has 2 atom stereocenters. The van der Waals surface area contributed by atoms with Crippen molar-refractivity contribution in [3.8, 4) is 5.75 Å². The third-order valence-electron chi connectivity index (χ3n) is 6.00. The predicted molar refractivity (Wildman–Crippen MR) is 111 cm³/mol. The first-order chi connectivity index (χ1) is 14.2. The number of likely N-dealkylation sites (tertiary alicyclic amines) is 2. The lowest BCUT2D eigenvalue weighted by molar-refractivity contribution is -0.178. The Morgan fingerprint density at radius 2 is 1.83 bits per heavy atom. The third kappa shape index (κ3) is 4.00. The topological polar surface area (TPSA) is 54.9 Å². The molecule has 0 saturated carbocycles. The number of benzene rings is 1. The molecule has 2 saturated heterocycles. The Balaban J connectivity index is 1.40. The van der Waals surface area contributed by atoms with Crippen molar-refractivity contribution < 1.29 is 14.3 Å². The number of ether oxygens (including phenoxy) is 2. The monoisotopic (exact) mass is 395 g/mol. The van der Waals surface area contributed by atoms with Gasteiger partial charge in [-0.3, -0.25) is 14.7 Å². The molecule has 2 aliphatic rings. The molecular weight excluding hydrogens is 366 g/mol. The highest BCUT2D eigenvalue weighted by molar-refractivity contribution is 5.89. The zero-order valence-corrected chi connectivity index (χ0v) is 17.2. The van der Waals surface area contributed by atoms with E-state index in [0.29, 0.717) is 6.61 Å². The summed E-state index contributed by atoms with van der Waals surface area (Å²) in [6.07, 6.45) is 5.12. The first-order valence-electron chi connectivity index (χ1n) is 10.4. The Morgan fingerprint density at radius 3 is 2.52 bits per heavy atom. The summed E-state index contributed by atoms with van der Waals surface area (Å²) in [4.78, 5) is 21.3. The van der Waals surface area contributed by atoms with Gasteiger partial charge in [0.05, 0.1) is 12.6 Å². The third-order valence-corrected chi connectivity index (χ3v) is 6.00. The van der Waals surface area contributed by atoms with E-state index >= 15 is 0 Å². The van der Waals surface area contributed by atoms with Gasteiger partial charge in [0.2, 0.25) is 0 Å². The van der Waals surface area contributed by atoms with Crippen LogP contribution in [0.15, 0.2) is 48.8 Å². The number of pyridine rings is 1. The lowest BCUT2D eigenvalue weighted by Gasteiger charge is -2.52. The van der Waals surface area contributed by atoms with Crippen LogP contribution in [0.25, 0.3) is 0 Å². The van der Waals surface area contributed by atoms with Crippen molar-refractivity contribution in [3.05, 3.63) is 59.9 Å². The Kier molecular flexibility index (Phi) is 6.11. The van der Waals surface area contributed by atoms with E-state index in [2.05, 4.69) is 22.0 Å². The zero-order chi connectivity index (χ0) is 20.2. The van der Waals surface area contributed by atoms with E-state index < -0.39 is 0 Å². The van der Waals surface area contributed by atoms with Gasteiger partial charge in [-0.25, -0.2) is 0 Å². The summed E-state index contributed by atoms with van der Waals surface area (Å²) in [6, 6.07) is 12.5. The number of hydrogen-bond acceptors (Lipinski definition) is 5. The van der Waals surface area contributed by atoms with E-state index in [1.165, 1.54) is 5.56 Å². The molecule has 0 radical (unpaired) electrons. The van der Waals surface area contributed by atoms with Crippen LogP contribution >= 0.6 is 0 Å². The molecular formula is C23H29N3O3. The molecule has 154 valence electrons. The van der Waals surface area contributed by atoms with Gasteiger partial charge in [0.25, 0.3) is 5.91 Å². The second-order valence-corrected chi connectivity index (χ2v) is 7.68. The summed E-state index contributed by atoms with van der Waals surface area (Å²) >= 11 is 0. The van der Waals surface area contributed by atoms with Crippen LogP contribution in [-0.2, 0) is 16.1 Å². The Bertz CT molecular complexity index is 821. The molecule has 2 fully saturated rings. The molecule has 0 aliphatic carbocycles. The minimum absolute atomic E-state index is 0.00858. The lowest BCUT2D eigenvalue weighted by Crippen LogP contribution is -2.64.